The minimum atomic E-state index is -0.150. The third-order valence-corrected chi connectivity index (χ3v) is 5.36. The van der Waals surface area contributed by atoms with Gasteiger partial charge in [0.05, 0.1) is 6.10 Å². The molecule has 1 N–H and O–H groups in total. The van der Waals surface area contributed by atoms with Crippen LogP contribution in [0.5, 0.6) is 0 Å². The smallest absolute Gasteiger partial charge is 0.0729 e. The Bertz CT molecular complexity index is 315. The average molecular weight is 206 g/mol. The number of aliphatic hydroxyl groups excluding tert-OH is 1. The number of hydrogen-bond donors (Lipinski definition) is 1. The van der Waals surface area contributed by atoms with Crippen LogP contribution >= 0.6 is 0 Å². The Morgan fingerprint density at radius 3 is 2.80 bits per heavy atom. The second kappa shape index (κ2) is 2.88. The van der Waals surface area contributed by atoms with Crippen LogP contribution in [0.1, 0.15) is 40.0 Å². The standard InChI is InChI=1S/C14H22O/c1-8-4-5-12-13(14(12,2)3)11-7-9(15)6-10(8)11/h6,8-9,11-13,15H,4-5,7H2,1-3H3/t8-,9+,11-,12-,13+/m1/s1. The highest BCUT2D eigenvalue weighted by Gasteiger charge is 2.62. The molecule has 5 atom stereocenters. The fraction of sp³-hybridized carbons (Fsp3) is 0.857. The Kier molecular flexibility index (Phi) is 1.90. The van der Waals surface area contributed by atoms with Crippen molar-refractivity contribution in [3.63, 3.8) is 0 Å². The van der Waals surface area contributed by atoms with E-state index in [0.717, 1.165) is 24.2 Å². The third-order valence-electron chi connectivity index (χ3n) is 5.36. The Hall–Kier alpha value is -0.300. The fourth-order valence-electron chi connectivity index (χ4n) is 4.43. The summed E-state index contributed by atoms with van der Waals surface area (Å²) in [5, 5.41) is 9.80. The van der Waals surface area contributed by atoms with E-state index >= 15 is 0 Å². The van der Waals surface area contributed by atoms with Crippen molar-refractivity contribution in [3.8, 4) is 0 Å². The third kappa shape index (κ3) is 1.25. The van der Waals surface area contributed by atoms with Gasteiger partial charge in [-0.3, -0.25) is 0 Å². The normalized spacial score (nSPS) is 51.5. The molecule has 1 nitrogen and oxygen atoms in total. The van der Waals surface area contributed by atoms with Crippen molar-refractivity contribution in [2.24, 2.45) is 29.1 Å². The number of allylic oxidation sites excluding steroid dienone is 1. The first-order valence-corrected chi connectivity index (χ1v) is 6.41. The van der Waals surface area contributed by atoms with E-state index in [1.807, 2.05) is 0 Å². The van der Waals surface area contributed by atoms with Gasteiger partial charge in [-0.25, -0.2) is 0 Å². The van der Waals surface area contributed by atoms with E-state index in [-0.39, 0.29) is 6.10 Å². The van der Waals surface area contributed by atoms with Gasteiger partial charge in [-0.15, -0.1) is 0 Å². The molecular weight excluding hydrogens is 184 g/mol. The molecule has 0 aromatic heterocycles. The maximum absolute atomic E-state index is 9.80. The molecule has 1 heteroatoms. The van der Waals surface area contributed by atoms with Crippen LogP contribution in [0.15, 0.2) is 11.6 Å². The van der Waals surface area contributed by atoms with Gasteiger partial charge in [-0.1, -0.05) is 32.4 Å². The van der Waals surface area contributed by atoms with Gasteiger partial charge in [0.1, 0.15) is 0 Å². The predicted octanol–water partition coefficient (Wildman–Crippen LogP) is 3.00. The van der Waals surface area contributed by atoms with Gasteiger partial charge in [0, 0.05) is 0 Å². The lowest BCUT2D eigenvalue weighted by Gasteiger charge is -2.21. The maximum atomic E-state index is 9.80. The molecule has 15 heavy (non-hydrogen) atoms. The summed E-state index contributed by atoms with van der Waals surface area (Å²) in [5.74, 6) is 3.22. The van der Waals surface area contributed by atoms with E-state index in [9.17, 15) is 5.11 Å². The lowest BCUT2D eigenvalue weighted by molar-refractivity contribution is 0.201. The summed E-state index contributed by atoms with van der Waals surface area (Å²) in [6.45, 7) is 7.18. The number of hydrogen-bond acceptors (Lipinski definition) is 1. The molecule has 0 aromatic rings. The Labute approximate surface area is 92.6 Å². The van der Waals surface area contributed by atoms with Crippen molar-refractivity contribution < 1.29 is 5.11 Å². The van der Waals surface area contributed by atoms with Crippen molar-refractivity contribution in [2.75, 3.05) is 0 Å². The zero-order valence-corrected chi connectivity index (χ0v) is 10.0. The average Bonchev–Trinajstić information content (AvgIpc) is 2.54. The molecule has 0 amide bonds. The van der Waals surface area contributed by atoms with Gasteiger partial charge >= 0.3 is 0 Å². The summed E-state index contributed by atoms with van der Waals surface area (Å²) in [5.41, 5.74) is 2.13. The van der Waals surface area contributed by atoms with Gasteiger partial charge < -0.3 is 5.11 Å². The van der Waals surface area contributed by atoms with Crippen molar-refractivity contribution in [3.05, 3.63) is 11.6 Å². The first kappa shape index (κ1) is 9.89. The fourth-order valence-corrected chi connectivity index (χ4v) is 4.43. The molecule has 0 unspecified atom stereocenters. The van der Waals surface area contributed by atoms with Crippen LogP contribution in [-0.2, 0) is 0 Å². The topological polar surface area (TPSA) is 20.2 Å². The summed E-state index contributed by atoms with van der Waals surface area (Å²) in [4.78, 5) is 0. The van der Waals surface area contributed by atoms with Crippen LogP contribution in [0.2, 0.25) is 0 Å². The van der Waals surface area contributed by atoms with E-state index in [4.69, 9.17) is 0 Å². The van der Waals surface area contributed by atoms with E-state index in [1.54, 1.807) is 5.57 Å². The first-order valence-electron chi connectivity index (χ1n) is 6.41. The van der Waals surface area contributed by atoms with Crippen molar-refractivity contribution in [1.82, 2.24) is 0 Å². The summed E-state index contributed by atoms with van der Waals surface area (Å²) in [7, 11) is 0. The van der Waals surface area contributed by atoms with Crippen molar-refractivity contribution in [2.45, 2.75) is 46.1 Å². The van der Waals surface area contributed by atoms with E-state index < -0.39 is 0 Å². The zero-order chi connectivity index (χ0) is 10.8. The molecule has 3 aliphatic rings. The molecule has 84 valence electrons. The van der Waals surface area contributed by atoms with Crippen LogP contribution in [0.4, 0.5) is 0 Å². The van der Waals surface area contributed by atoms with Crippen LogP contribution < -0.4 is 0 Å². The highest BCUT2D eigenvalue weighted by molar-refractivity contribution is 5.27. The highest BCUT2D eigenvalue weighted by Crippen LogP contribution is 2.68. The maximum Gasteiger partial charge on any atom is 0.0729 e. The molecule has 2 fully saturated rings. The number of rotatable bonds is 0. The predicted molar refractivity (Wildman–Crippen MR) is 61.4 cm³/mol. The molecule has 0 spiro atoms. The highest BCUT2D eigenvalue weighted by atomic mass is 16.3. The largest absolute Gasteiger partial charge is 0.389 e. The van der Waals surface area contributed by atoms with Gasteiger partial charge in [0.2, 0.25) is 0 Å². The Balaban J connectivity index is 1.92. The van der Waals surface area contributed by atoms with Crippen LogP contribution in [-0.4, -0.2) is 11.2 Å². The van der Waals surface area contributed by atoms with Crippen LogP contribution in [0, 0.1) is 29.1 Å². The zero-order valence-electron chi connectivity index (χ0n) is 10.0. The minimum absolute atomic E-state index is 0.150. The molecule has 2 saturated carbocycles. The summed E-state index contributed by atoms with van der Waals surface area (Å²) < 4.78 is 0. The summed E-state index contributed by atoms with van der Waals surface area (Å²) >= 11 is 0. The van der Waals surface area contributed by atoms with Crippen LogP contribution in [0.3, 0.4) is 0 Å². The van der Waals surface area contributed by atoms with Gasteiger partial charge in [0.15, 0.2) is 0 Å². The SMILES string of the molecule is C[C@@H]1CC[C@@H]2[C@H]([C@@H]3C[C@@H](O)C=C13)C2(C)C. The van der Waals surface area contributed by atoms with Crippen molar-refractivity contribution in [1.29, 1.82) is 0 Å². The lowest BCUT2D eigenvalue weighted by atomic mass is 9.84. The van der Waals surface area contributed by atoms with Gasteiger partial charge in [-0.05, 0) is 48.3 Å². The number of fused-ring (bicyclic) bond motifs is 3. The second-order valence-corrected chi connectivity index (χ2v) is 6.51. The van der Waals surface area contributed by atoms with Crippen LogP contribution in [0.25, 0.3) is 0 Å². The molecule has 0 saturated heterocycles. The second-order valence-electron chi connectivity index (χ2n) is 6.51. The van der Waals surface area contributed by atoms with Gasteiger partial charge in [0.25, 0.3) is 0 Å². The molecule has 3 aliphatic carbocycles. The summed E-state index contributed by atoms with van der Waals surface area (Å²) in [6.07, 6.45) is 5.75. The molecule has 3 rings (SSSR count). The van der Waals surface area contributed by atoms with E-state index in [2.05, 4.69) is 26.8 Å². The molecular formula is C14H22O. The molecule has 0 aliphatic heterocycles. The molecule has 0 aromatic carbocycles. The van der Waals surface area contributed by atoms with Gasteiger partial charge in [-0.2, -0.15) is 0 Å². The Morgan fingerprint density at radius 2 is 2.07 bits per heavy atom. The monoisotopic (exact) mass is 206 g/mol. The number of aliphatic hydroxyl groups is 1. The Morgan fingerprint density at radius 1 is 1.33 bits per heavy atom. The van der Waals surface area contributed by atoms with E-state index in [1.165, 1.54) is 12.8 Å². The summed E-state index contributed by atoms with van der Waals surface area (Å²) in [6, 6.07) is 0. The van der Waals surface area contributed by atoms with E-state index in [0.29, 0.717) is 11.3 Å². The van der Waals surface area contributed by atoms with Crippen molar-refractivity contribution >= 4 is 0 Å². The quantitative estimate of drug-likeness (QED) is 0.604. The minimum Gasteiger partial charge on any atom is -0.389 e. The first-order chi connectivity index (χ1) is 7.01. The molecule has 0 radical (unpaired) electrons. The molecule has 0 heterocycles. The molecule has 0 bridgehead atoms. The lowest BCUT2D eigenvalue weighted by Crippen LogP contribution is -2.12.